The van der Waals surface area contributed by atoms with Gasteiger partial charge in [0.25, 0.3) is 5.91 Å². The van der Waals surface area contributed by atoms with Gasteiger partial charge >= 0.3 is 0 Å². The average Bonchev–Trinajstić information content (AvgIpc) is 3.50. The highest BCUT2D eigenvalue weighted by Crippen LogP contribution is 2.36. The molecule has 1 saturated carbocycles. The Bertz CT molecular complexity index is 1140. The molecular formula is C30H38N2O7. The number of hydrogen-bond acceptors (Lipinski definition) is 7. The van der Waals surface area contributed by atoms with Crippen molar-refractivity contribution in [1.82, 2.24) is 10.2 Å². The predicted molar refractivity (Wildman–Crippen MR) is 144 cm³/mol. The van der Waals surface area contributed by atoms with Crippen molar-refractivity contribution in [2.24, 2.45) is 0 Å². The average molecular weight is 539 g/mol. The van der Waals surface area contributed by atoms with Crippen LogP contribution in [0.5, 0.6) is 23.0 Å². The predicted octanol–water partition coefficient (Wildman–Crippen LogP) is 4.04. The van der Waals surface area contributed by atoms with E-state index in [4.69, 9.17) is 23.7 Å². The van der Waals surface area contributed by atoms with Crippen molar-refractivity contribution in [3.05, 3.63) is 48.0 Å². The Labute approximate surface area is 229 Å². The van der Waals surface area contributed by atoms with Gasteiger partial charge in [-0.3, -0.25) is 9.59 Å². The number of carbonyl (C=O) groups excluding carboxylic acids is 2. The lowest BCUT2D eigenvalue weighted by Crippen LogP contribution is -2.54. The molecule has 5 rings (SSSR count). The fraction of sp³-hybridized carbons (Fsp3) is 0.533. The zero-order valence-electron chi connectivity index (χ0n) is 22.7. The number of nitrogens with zero attached hydrogens (tertiary/aromatic N) is 1. The van der Waals surface area contributed by atoms with Crippen molar-refractivity contribution in [3.63, 3.8) is 0 Å². The van der Waals surface area contributed by atoms with Crippen LogP contribution in [-0.4, -0.2) is 68.9 Å². The molecule has 3 atom stereocenters. The Morgan fingerprint density at radius 2 is 1.74 bits per heavy atom. The molecule has 39 heavy (non-hydrogen) atoms. The van der Waals surface area contributed by atoms with Gasteiger partial charge in [0.1, 0.15) is 12.6 Å². The number of benzene rings is 2. The summed E-state index contributed by atoms with van der Waals surface area (Å²) >= 11 is 0. The van der Waals surface area contributed by atoms with E-state index in [1.165, 1.54) is 6.42 Å². The summed E-state index contributed by atoms with van der Waals surface area (Å²) in [6, 6.07) is 11.8. The van der Waals surface area contributed by atoms with E-state index in [1.54, 1.807) is 37.3 Å². The Hall–Kier alpha value is -3.46. The number of methoxy groups -OCH3 is 2. The van der Waals surface area contributed by atoms with E-state index in [0.717, 1.165) is 38.5 Å². The first-order chi connectivity index (χ1) is 19.1. The third-order valence-electron chi connectivity index (χ3n) is 7.73. The highest BCUT2D eigenvalue weighted by atomic mass is 16.6. The van der Waals surface area contributed by atoms with E-state index in [2.05, 4.69) is 5.32 Å². The number of hydrogen-bond donors (Lipinski definition) is 1. The Morgan fingerprint density at radius 3 is 2.46 bits per heavy atom. The first kappa shape index (κ1) is 27.1. The maximum Gasteiger partial charge on any atom is 0.268 e. The monoisotopic (exact) mass is 538 g/mol. The van der Waals surface area contributed by atoms with Crippen molar-refractivity contribution in [2.75, 3.05) is 34.0 Å². The summed E-state index contributed by atoms with van der Waals surface area (Å²) in [5.74, 6) is 1.59. The molecule has 1 N–H and O–H groups in total. The van der Waals surface area contributed by atoms with Gasteiger partial charge in [-0.25, -0.2) is 0 Å². The smallest absolute Gasteiger partial charge is 0.268 e. The van der Waals surface area contributed by atoms with E-state index >= 15 is 0 Å². The summed E-state index contributed by atoms with van der Waals surface area (Å²) in [5.41, 5.74) is 0.629. The number of para-hydroxylation sites is 2. The topological polar surface area (TPSA) is 95.6 Å². The van der Waals surface area contributed by atoms with Crippen molar-refractivity contribution in [3.8, 4) is 23.0 Å². The van der Waals surface area contributed by atoms with Gasteiger partial charge in [0.15, 0.2) is 23.0 Å². The van der Waals surface area contributed by atoms with Gasteiger partial charge < -0.3 is 33.9 Å². The molecule has 2 aliphatic heterocycles. The molecule has 2 heterocycles. The van der Waals surface area contributed by atoms with Gasteiger partial charge in [0, 0.05) is 19.2 Å². The number of rotatable bonds is 9. The van der Waals surface area contributed by atoms with Crippen molar-refractivity contribution < 1.29 is 33.3 Å². The Kier molecular flexibility index (Phi) is 8.76. The molecule has 0 radical (unpaired) electrons. The van der Waals surface area contributed by atoms with Gasteiger partial charge in [0.2, 0.25) is 12.0 Å². The highest BCUT2D eigenvalue weighted by Gasteiger charge is 2.40. The second-order valence-electron chi connectivity index (χ2n) is 10.4. The molecule has 0 aromatic heterocycles. The molecule has 9 heteroatoms. The summed E-state index contributed by atoms with van der Waals surface area (Å²) in [6.07, 6.45) is 5.86. The molecule has 0 unspecified atom stereocenters. The van der Waals surface area contributed by atoms with Crippen LogP contribution < -0.4 is 24.3 Å². The van der Waals surface area contributed by atoms with Crippen LogP contribution in [0.25, 0.3) is 0 Å². The normalized spacial score (nSPS) is 21.6. The van der Waals surface area contributed by atoms with E-state index in [0.29, 0.717) is 35.2 Å². The molecule has 210 valence electrons. The van der Waals surface area contributed by atoms with Crippen LogP contribution in [-0.2, 0) is 14.3 Å². The number of amides is 2. The van der Waals surface area contributed by atoms with Crippen molar-refractivity contribution >= 4 is 11.8 Å². The maximum atomic E-state index is 14.2. The van der Waals surface area contributed by atoms with Crippen LogP contribution in [0.4, 0.5) is 0 Å². The summed E-state index contributed by atoms with van der Waals surface area (Å²) < 4.78 is 28.9. The van der Waals surface area contributed by atoms with E-state index in [9.17, 15) is 9.59 Å². The summed E-state index contributed by atoms with van der Waals surface area (Å²) in [5, 5.41) is 3.24. The molecule has 9 nitrogen and oxygen atoms in total. The SMILES string of the molecule is COc1ccc([C@@H](C(=O)NC2CCCCC2)N(C[C@@H]2CCCO2)C(=O)[C@@H]2COc3ccccc3O2)cc1OC. The van der Waals surface area contributed by atoms with E-state index < -0.39 is 12.1 Å². The largest absolute Gasteiger partial charge is 0.493 e. The fourth-order valence-corrected chi connectivity index (χ4v) is 5.68. The number of carbonyl (C=O) groups is 2. The molecule has 0 bridgehead atoms. The van der Waals surface area contributed by atoms with Crippen LogP contribution in [0.2, 0.25) is 0 Å². The lowest BCUT2D eigenvalue weighted by molar-refractivity contribution is -0.150. The van der Waals surface area contributed by atoms with Crippen LogP contribution in [0, 0.1) is 0 Å². The molecule has 1 aliphatic carbocycles. The molecule has 2 aromatic rings. The Morgan fingerprint density at radius 1 is 0.974 bits per heavy atom. The van der Waals surface area contributed by atoms with Crippen molar-refractivity contribution in [2.45, 2.75) is 69.2 Å². The number of ether oxygens (including phenoxy) is 5. The standard InChI is InChI=1S/C30H38N2O7/c1-35-23-15-14-20(17-26(23)36-2)28(29(33)31-21-9-4-3-5-10-21)32(18-22-11-8-16-37-22)30(34)27-19-38-24-12-6-7-13-25(24)39-27/h6-7,12-15,17,21-22,27-28H,3-5,8-11,16,18-19H2,1-2H3,(H,31,33)/t22-,27-,28-/m0/s1. The van der Waals surface area contributed by atoms with Crippen LogP contribution in [0.15, 0.2) is 42.5 Å². The van der Waals surface area contributed by atoms with Gasteiger partial charge in [0.05, 0.1) is 20.3 Å². The number of nitrogens with one attached hydrogen (secondary N) is 1. The molecular weight excluding hydrogens is 500 g/mol. The molecule has 3 aliphatic rings. The molecule has 2 amide bonds. The summed E-state index contributed by atoms with van der Waals surface area (Å²) in [7, 11) is 3.12. The van der Waals surface area contributed by atoms with Gasteiger partial charge in [-0.1, -0.05) is 37.5 Å². The van der Waals surface area contributed by atoms with Crippen LogP contribution in [0.1, 0.15) is 56.6 Å². The van der Waals surface area contributed by atoms with Gasteiger partial charge in [-0.05, 0) is 55.5 Å². The minimum Gasteiger partial charge on any atom is -0.493 e. The molecule has 0 spiro atoms. The second kappa shape index (κ2) is 12.6. The zero-order chi connectivity index (χ0) is 27.2. The molecule has 1 saturated heterocycles. The van der Waals surface area contributed by atoms with Gasteiger partial charge in [-0.2, -0.15) is 0 Å². The number of fused-ring (bicyclic) bond motifs is 1. The maximum absolute atomic E-state index is 14.2. The molecule has 2 aromatic carbocycles. The third kappa shape index (κ3) is 6.24. The van der Waals surface area contributed by atoms with Crippen molar-refractivity contribution in [1.29, 1.82) is 0 Å². The van der Waals surface area contributed by atoms with Crippen LogP contribution >= 0.6 is 0 Å². The van der Waals surface area contributed by atoms with E-state index in [1.807, 2.05) is 24.3 Å². The lowest BCUT2D eigenvalue weighted by atomic mass is 9.94. The summed E-state index contributed by atoms with van der Waals surface area (Å²) in [6.45, 7) is 0.955. The van der Waals surface area contributed by atoms with Crippen LogP contribution in [0.3, 0.4) is 0 Å². The lowest BCUT2D eigenvalue weighted by Gasteiger charge is -2.37. The first-order valence-electron chi connectivity index (χ1n) is 13.9. The summed E-state index contributed by atoms with van der Waals surface area (Å²) in [4.78, 5) is 29.9. The minimum atomic E-state index is -0.913. The molecule has 2 fully saturated rings. The highest BCUT2D eigenvalue weighted by molar-refractivity contribution is 5.91. The quantitative estimate of drug-likeness (QED) is 0.515. The fourth-order valence-electron chi connectivity index (χ4n) is 5.68. The Balaban J connectivity index is 1.50. The third-order valence-corrected chi connectivity index (χ3v) is 7.73. The minimum absolute atomic E-state index is 0.0563. The zero-order valence-corrected chi connectivity index (χ0v) is 22.7. The first-order valence-corrected chi connectivity index (χ1v) is 13.9. The van der Waals surface area contributed by atoms with Gasteiger partial charge in [-0.15, -0.1) is 0 Å². The van der Waals surface area contributed by atoms with E-state index in [-0.39, 0.29) is 37.1 Å². The second-order valence-corrected chi connectivity index (χ2v) is 10.4.